The highest BCUT2D eigenvalue weighted by molar-refractivity contribution is 7.91. The Hall–Kier alpha value is -1.84. The van der Waals surface area contributed by atoms with E-state index in [0.29, 0.717) is 48.3 Å². The summed E-state index contributed by atoms with van der Waals surface area (Å²) in [4.78, 5) is 14.4. The number of nitrogen functional groups attached to an aromatic ring is 1. The van der Waals surface area contributed by atoms with Crippen LogP contribution in [0.25, 0.3) is 0 Å². The first kappa shape index (κ1) is 30.2. The van der Waals surface area contributed by atoms with Gasteiger partial charge in [0.05, 0.1) is 23.7 Å². The van der Waals surface area contributed by atoms with Crippen LogP contribution in [0.1, 0.15) is 48.7 Å². The summed E-state index contributed by atoms with van der Waals surface area (Å²) in [7, 11) is 3.75. The van der Waals surface area contributed by atoms with E-state index in [0.717, 1.165) is 31.5 Å². The Morgan fingerprint density at radius 1 is 1.12 bits per heavy atom. The first-order valence-corrected chi connectivity index (χ1v) is 12.7. The molecule has 1 atom stereocenters. The zero-order chi connectivity index (χ0) is 25.3. The average Bonchev–Trinajstić information content (AvgIpc) is 3.41. The smallest absolute Gasteiger partial charge is 0.255 e. The fourth-order valence-corrected chi connectivity index (χ4v) is 4.00. The predicted octanol–water partition coefficient (Wildman–Crippen LogP) is 5.61. The van der Waals surface area contributed by atoms with Crippen molar-refractivity contribution in [1.29, 1.82) is 0 Å². The van der Waals surface area contributed by atoms with Crippen molar-refractivity contribution in [2.75, 3.05) is 52.6 Å². The van der Waals surface area contributed by atoms with Crippen LogP contribution in [0.3, 0.4) is 0 Å². The third-order valence-corrected chi connectivity index (χ3v) is 5.78. The number of amides is 1. The zero-order valence-electron chi connectivity index (χ0n) is 20.6. The number of nitrogens with one attached hydrogen (secondary N) is 1. The Labute approximate surface area is 213 Å². The summed E-state index contributed by atoms with van der Waals surface area (Å²) in [6.07, 6.45) is 2.22. The van der Waals surface area contributed by atoms with E-state index in [1.165, 1.54) is 0 Å². The van der Waals surface area contributed by atoms with Crippen molar-refractivity contribution >= 4 is 35.5 Å². The number of hydrogen-bond acceptors (Lipinski definition) is 6. The first-order valence-electron chi connectivity index (χ1n) is 11.6. The van der Waals surface area contributed by atoms with Gasteiger partial charge in [-0.05, 0) is 50.7 Å². The van der Waals surface area contributed by atoms with Crippen LogP contribution in [0.2, 0.25) is 5.02 Å². The Morgan fingerprint density at radius 3 is 2.26 bits per heavy atom. The van der Waals surface area contributed by atoms with Crippen molar-refractivity contribution in [3.05, 3.63) is 64.7 Å². The molecule has 2 saturated heterocycles. The third-order valence-electron chi connectivity index (χ3n) is 4.91. The molecule has 6 nitrogen and oxygen atoms in total. The predicted molar refractivity (Wildman–Crippen MR) is 143 cm³/mol. The summed E-state index contributed by atoms with van der Waals surface area (Å²) in [6.45, 7) is 7.45. The van der Waals surface area contributed by atoms with Gasteiger partial charge < -0.3 is 20.7 Å². The first-order chi connectivity index (χ1) is 16.5. The van der Waals surface area contributed by atoms with E-state index in [4.69, 9.17) is 22.1 Å². The van der Waals surface area contributed by atoms with Crippen LogP contribution in [0.15, 0.2) is 48.5 Å². The zero-order valence-corrected chi connectivity index (χ0v) is 22.2. The van der Waals surface area contributed by atoms with E-state index in [2.05, 4.69) is 5.32 Å². The fraction of sp³-hybridized carbons (Fsp3) is 0.480. The van der Waals surface area contributed by atoms with Crippen molar-refractivity contribution in [3.63, 3.8) is 0 Å². The molecule has 3 N–H and O–H groups in total. The standard InChI is InChI=1S/C17H17ClN2O2.C4H8FNS.C2H7N.C2H6/c18-15-10-13(19)6-7-14(15)17(21)20-8-9-22-16(11-20)12-4-2-1-3-5-12;5-7-6-3-1-2-4-6;1-3-2;1-2/h1-7,10,16H,8-9,11,19H2;1-4H2;3H,1-2H3;1-2H3/t16-;;;/m1.../s1. The normalized spacial score (nSPS) is 17.4. The Balaban J connectivity index is 0.000000400. The fourth-order valence-electron chi connectivity index (χ4n) is 3.34. The third kappa shape index (κ3) is 10.2. The van der Waals surface area contributed by atoms with Crippen LogP contribution in [-0.2, 0) is 4.74 Å². The van der Waals surface area contributed by atoms with Crippen molar-refractivity contribution in [2.24, 2.45) is 0 Å². The monoisotopic (exact) mass is 512 g/mol. The summed E-state index contributed by atoms with van der Waals surface area (Å²) in [5.41, 5.74) is 7.77. The lowest BCUT2D eigenvalue weighted by Gasteiger charge is -2.33. The number of halogens is 2. The maximum Gasteiger partial charge on any atom is 0.255 e. The summed E-state index contributed by atoms with van der Waals surface area (Å²) in [5, 5.41) is 3.13. The highest BCUT2D eigenvalue weighted by Crippen LogP contribution is 2.26. The molecule has 0 radical (unpaired) electrons. The molecular weight excluding hydrogens is 475 g/mol. The lowest BCUT2D eigenvalue weighted by atomic mass is 10.1. The molecule has 2 aliphatic rings. The molecule has 0 aliphatic carbocycles. The van der Waals surface area contributed by atoms with Crippen molar-refractivity contribution in [1.82, 2.24) is 14.5 Å². The van der Waals surface area contributed by atoms with Crippen LogP contribution < -0.4 is 11.1 Å². The van der Waals surface area contributed by atoms with Gasteiger partial charge in [-0.25, -0.2) is 4.31 Å². The highest BCUT2D eigenvalue weighted by Gasteiger charge is 2.27. The average molecular weight is 513 g/mol. The Bertz CT molecular complexity index is 826. The second-order valence-electron chi connectivity index (χ2n) is 7.47. The van der Waals surface area contributed by atoms with Gasteiger partial charge in [0.2, 0.25) is 0 Å². The molecule has 2 heterocycles. The van der Waals surface area contributed by atoms with Crippen LogP contribution >= 0.6 is 23.9 Å². The van der Waals surface area contributed by atoms with E-state index in [1.807, 2.05) is 58.3 Å². The lowest BCUT2D eigenvalue weighted by molar-refractivity contribution is -0.0228. The number of nitrogens with zero attached hydrogens (tertiary/aromatic N) is 2. The Morgan fingerprint density at radius 2 is 1.74 bits per heavy atom. The summed E-state index contributed by atoms with van der Waals surface area (Å²) >= 11 is 6.50. The number of ether oxygens (including phenoxy) is 1. The molecule has 34 heavy (non-hydrogen) atoms. The van der Waals surface area contributed by atoms with Crippen LogP contribution in [0.4, 0.5) is 9.57 Å². The topological polar surface area (TPSA) is 70.8 Å². The molecular formula is C25H38ClFN4O2S. The molecule has 2 aromatic rings. The SMILES string of the molecule is CC.CNC.FSN1CCCC1.Nc1ccc(C(=O)N2CCO[C@@H](c3ccccc3)C2)c(Cl)c1. The minimum atomic E-state index is -0.105. The number of carbonyl (C=O) groups excluding carboxylic acids is 1. The number of anilines is 1. The quantitative estimate of drug-likeness (QED) is 0.411. The second-order valence-corrected chi connectivity index (χ2v) is 8.53. The van der Waals surface area contributed by atoms with Crippen LogP contribution in [0, 0.1) is 0 Å². The van der Waals surface area contributed by atoms with Gasteiger partial charge in [0.15, 0.2) is 0 Å². The number of rotatable bonds is 3. The molecule has 0 bridgehead atoms. The van der Waals surface area contributed by atoms with Gasteiger partial charge in [-0.1, -0.05) is 55.8 Å². The molecule has 2 aliphatic heterocycles. The number of nitrogens with two attached hydrogens (primary N) is 1. The van der Waals surface area contributed by atoms with Gasteiger partial charge in [0, 0.05) is 25.3 Å². The number of benzene rings is 2. The van der Waals surface area contributed by atoms with E-state index in [1.54, 1.807) is 27.4 Å². The van der Waals surface area contributed by atoms with Crippen molar-refractivity contribution < 1.29 is 13.4 Å². The molecule has 9 heteroatoms. The van der Waals surface area contributed by atoms with Crippen LogP contribution in [0.5, 0.6) is 0 Å². The lowest BCUT2D eigenvalue weighted by Crippen LogP contribution is -2.42. The largest absolute Gasteiger partial charge is 0.399 e. The molecule has 190 valence electrons. The number of hydrogen-bond donors (Lipinski definition) is 2. The van der Waals surface area contributed by atoms with Gasteiger partial charge in [0.1, 0.15) is 18.4 Å². The van der Waals surface area contributed by atoms with Gasteiger partial charge in [-0.2, -0.15) is 0 Å². The highest BCUT2D eigenvalue weighted by atomic mass is 35.5. The summed E-state index contributed by atoms with van der Waals surface area (Å²) in [6, 6.07) is 14.9. The molecule has 1 amide bonds. The van der Waals surface area contributed by atoms with Gasteiger partial charge in [-0.3, -0.25) is 4.79 Å². The maximum atomic E-state index is 12.7. The second kappa shape index (κ2) is 17.6. The number of carbonyl (C=O) groups is 1. The molecule has 0 aromatic heterocycles. The molecule has 0 unspecified atom stereocenters. The minimum absolute atomic E-state index is 0.0887. The summed E-state index contributed by atoms with van der Waals surface area (Å²) in [5.74, 6) is -0.0887. The van der Waals surface area contributed by atoms with Crippen LogP contribution in [-0.4, -0.2) is 62.0 Å². The molecule has 2 aromatic carbocycles. The number of morpholine rings is 1. The van der Waals surface area contributed by atoms with E-state index in [-0.39, 0.29) is 12.0 Å². The van der Waals surface area contributed by atoms with Crippen molar-refractivity contribution in [2.45, 2.75) is 32.8 Å². The molecule has 2 fully saturated rings. The minimum Gasteiger partial charge on any atom is -0.399 e. The van der Waals surface area contributed by atoms with E-state index >= 15 is 0 Å². The molecule has 0 saturated carbocycles. The van der Waals surface area contributed by atoms with Gasteiger partial charge in [0.25, 0.3) is 5.91 Å². The van der Waals surface area contributed by atoms with Gasteiger partial charge >= 0.3 is 0 Å². The maximum absolute atomic E-state index is 12.7. The molecule has 0 spiro atoms. The van der Waals surface area contributed by atoms with Gasteiger partial charge in [-0.15, -0.1) is 3.89 Å². The molecule has 4 rings (SSSR count). The van der Waals surface area contributed by atoms with E-state index in [9.17, 15) is 8.68 Å². The summed E-state index contributed by atoms with van der Waals surface area (Å²) < 4.78 is 19.1. The van der Waals surface area contributed by atoms with Crippen molar-refractivity contribution in [3.8, 4) is 0 Å². The Kier molecular flexibility index (Phi) is 15.6. The van der Waals surface area contributed by atoms with E-state index < -0.39 is 0 Å².